The zero-order valence-electron chi connectivity index (χ0n) is 16.9. The molecule has 3 aliphatic rings. The van der Waals surface area contributed by atoms with Crippen LogP contribution in [-0.4, -0.2) is 40.7 Å². The summed E-state index contributed by atoms with van der Waals surface area (Å²) in [5, 5.41) is 6.87. The van der Waals surface area contributed by atoms with E-state index in [1.165, 1.54) is 4.90 Å². The summed E-state index contributed by atoms with van der Waals surface area (Å²) in [6.45, 7) is 0.110. The Balaban J connectivity index is 1.58. The van der Waals surface area contributed by atoms with Crippen molar-refractivity contribution in [1.82, 2.24) is 10.2 Å². The van der Waals surface area contributed by atoms with E-state index in [0.717, 1.165) is 11.3 Å². The summed E-state index contributed by atoms with van der Waals surface area (Å²) < 4.78 is 0. The summed E-state index contributed by atoms with van der Waals surface area (Å²) in [5.41, 5.74) is 0.910. The van der Waals surface area contributed by atoms with Crippen molar-refractivity contribution in [3.8, 4) is 0 Å². The lowest BCUT2D eigenvalue weighted by Gasteiger charge is -2.29. The highest BCUT2D eigenvalue weighted by atomic mass is 35.5. The summed E-state index contributed by atoms with van der Waals surface area (Å²) in [6.07, 6.45) is 2.70. The Morgan fingerprint density at radius 1 is 1.06 bits per heavy atom. The number of carbonyl (C=O) groups is 3. The van der Waals surface area contributed by atoms with Gasteiger partial charge in [-0.1, -0.05) is 48.0 Å². The van der Waals surface area contributed by atoms with Crippen LogP contribution in [0.4, 0.5) is 5.69 Å². The van der Waals surface area contributed by atoms with Gasteiger partial charge in [0.2, 0.25) is 17.7 Å². The minimum Gasteiger partial charge on any atom is -0.324 e. The van der Waals surface area contributed by atoms with Gasteiger partial charge in [-0.05, 0) is 36.1 Å². The van der Waals surface area contributed by atoms with Gasteiger partial charge in [-0.3, -0.25) is 24.6 Å². The van der Waals surface area contributed by atoms with Gasteiger partial charge in [0.1, 0.15) is 5.54 Å². The third-order valence-corrected chi connectivity index (χ3v) is 7.65. The summed E-state index contributed by atoms with van der Waals surface area (Å²) in [4.78, 5) is 41.8. The molecule has 2 N–H and O–H groups in total. The molecule has 2 aromatic rings. The number of fused-ring (bicyclic) bond motifs is 4. The number of nitrogens with zero attached hydrogens (tertiary/aromatic N) is 1. The molecule has 5 rings (SSSR count). The number of para-hydroxylation sites is 1. The van der Waals surface area contributed by atoms with Crippen molar-refractivity contribution in [3.05, 3.63) is 64.7 Å². The van der Waals surface area contributed by atoms with Gasteiger partial charge in [-0.2, -0.15) is 11.8 Å². The predicted octanol–water partition coefficient (Wildman–Crippen LogP) is 3.01. The molecule has 31 heavy (non-hydrogen) atoms. The van der Waals surface area contributed by atoms with Crippen LogP contribution in [0.5, 0.6) is 0 Å². The Bertz CT molecular complexity index is 1090. The van der Waals surface area contributed by atoms with Crippen LogP contribution in [0.3, 0.4) is 0 Å². The normalized spacial score (nSPS) is 28.9. The van der Waals surface area contributed by atoms with Crippen molar-refractivity contribution >= 4 is 46.8 Å². The first kappa shape index (κ1) is 20.5. The maximum absolute atomic E-state index is 13.7. The largest absolute Gasteiger partial charge is 0.324 e. The lowest BCUT2D eigenvalue weighted by Crippen LogP contribution is -2.53. The second-order valence-electron chi connectivity index (χ2n) is 8.20. The number of likely N-dealkylation sites (tertiary alicyclic amines) is 1. The van der Waals surface area contributed by atoms with E-state index in [1.54, 1.807) is 17.8 Å². The highest BCUT2D eigenvalue weighted by Gasteiger charge is 2.70. The van der Waals surface area contributed by atoms with Crippen molar-refractivity contribution in [1.29, 1.82) is 0 Å². The van der Waals surface area contributed by atoms with Gasteiger partial charge in [-0.25, -0.2) is 0 Å². The molecule has 0 aliphatic carbocycles. The number of anilines is 1. The van der Waals surface area contributed by atoms with E-state index in [0.29, 0.717) is 22.7 Å². The molecule has 1 spiro atoms. The van der Waals surface area contributed by atoms with Gasteiger partial charge in [0, 0.05) is 22.3 Å². The number of halogens is 1. The molecule has 0 bridgehead atoms. The van der Waals surface area contributed by atoms with E-state index >= 15 is 0 Å². The van der Waals surface area contributed by atoms with Gasteiger partial charge in [0.25, 0.3) is 0 Å². The molecule has 4 unspecified atom stereocenters. The molecular formula is C23H22ClN3O3S. The molecule has 0 aromatic heterocycles. The van der Waals surface area contributed by atoms with Crippen molar-refractivity contribution in [2.45, 2.75) is 24.5 Å². The van der Waals surface area contributed by atoms with Gasteiger partial charge in [0.05, 0.1) is 18.4 Å². The quantitative estimate of drug-likeness (QED) is 0.677. The number of imide groups is 1. The lowest BCUT2D eigenvalue weighted by molar-refractivity contribution is -0.143. The van der Waals surface area contributed by atoms with Crippen LogP contribution in [-0.2, 0) is 26.5 Å². The monoisotopic (exact) mass is 455 g/mol. The van der Waals surface area contributed by atoms with Gasteiger partial charge < -0.3 is 5.32 Å². The first-order valence-corrected chi connectivity index (χ1v) is 12.0. The average molecular weight is 456 g/mol. The molecule has 2 fully saturated rings. The molecule has 6 nitrogen and oxygen atoms in total. The zero-order valence-corrected chi connectivity index (χ0v) is 18.5. The van der Waals surface area contributed by atoms with E-state index in [4.69, 9.17) is 11.6 Å². The molecule has 3 amide bonds. The number of thioether (sulfide) groups is 1. The maximum Gasteiger partial charge on any atom is 0.250 e. The minimum atomic E-state index is -1.23. The Kier molecular flexibility index (Phi) is 5.07. The van der Waals surface area contributed by atoms with Crippen molar-refractivity contribution in [3.63, 3.8) is 0 Å². The fraction of sp³-hybridized carbons (Fsp3) is 0.348. The van der Waals surface area contributed by atoms with Crippen LogP contribution >= 0.6 is 23.4 Å². The molecule has 0 radical (unpaired) electrons. The standard InChI is InChI=1S/C23H22ClN3O3S/c1-31-11-10-17-18-19(23(26-17)14-7-3-5-9-16(14)25-22(23)30)21(29)27(20(18)28)12-13-6-2-4-8-15(13)24/h2-9,17-19,26H,10-12H2,1H3,(H,25,30). The van der Waals surface area contributed by atoms with E-state index in [2.05, 4.69) is 10.6 Å². The smallest absolute Gasteiger partial charge is 0.250 e. The summed E-state index contributed by atoms with van der Waals surface area (Å²) in [5.74, 6) is -1.36. The molecule has 3 aliphatic heterocycles. The van der Waals surface area contributed by atoms with E-state index < -0.39 is 17.4 Å². The molecule has 160 valence electrons. The molecule has 8 heteroatoms. The fourth-order valence-electron chi connectivity index (χ4n) is 5.26. The van der Waals surface area contributed by atoms with Crippen LogP contribution in [0.15, 0.2) is 48.5 Å². The number of hydrogen-bond acceptors (Lipinski definition) is 5. The number of hydrogen-bond donors (Lipinski definition) is 2. The Morgan fingerprint density at radius 3 is 2.58 bits per heavy atom. The summed E-state index contributed by atoms with van der Waals surface area (Å²) >= 11 is 7.98. The van der Waals surface area contributed by atoms with Crippen LogP contribution in [0.1, 0.15) is 17.5 Å². The third-order valence-electron chi connectivity index (χ3n) is 6.63. The molecule has 0 saturated carbocycles. The van der Waals surface area contributed by atoms with Gasteiger partial charge in [-0.15, -0.1) is 0 Å². The third kappa shape index (κ3) is 2.94. The first-order chi connectivity index (χ1) is 15.0. The van der Waals surface area contributed by atoms with Crippen LogP contribution in [0.25, 0.3) is 0 Å². The van der Waals surface area contributed by atoms with Crippen LogP contribution in [0, 0.1) is 11.8 Å². The summed E-state index contributed by atoms with van der Waals surface area (Å²) in [6, 6.07) is 14.3. The van der Waals surface area contributed by atoms with E-state index in [9.17, 15) is 14.4 Å². The highest BCUT2D eigenvalue weighted by molar-refractivity contribution is 7.98. The molecule has 2 saturated heterocycles. The molecular weight excluding hydrogens is 434 g/mol. The Labute approximate surface area is 189 Å². The van der Waals surface area contributed by atoms with Gasteiger partial charge >= 0.3 is 0 Å². The SMILES string of the molecule is CSCCC1NC2(C(=O)Nc3ccccc32)C2C(=O)N(Cc3ccccc3Cl)C(=O)C12. The Morgan fingerprint density at radius 2 is 1.81 bits per heavy atom. The average Bonchev–Trinajstić information content (AvgIpc) is 3.34. The van der Waals surface area contributed by atoms with E-state index in [-0.39, 0.29) is 30.3 Å². The Hall–Kier alpha value is -2.35. The number of nitrogens with one attached hydrogen (secondary N) is 2. The minimum absolute atomic E-state index is 0.110. The molecule has 2 aromatic carbocycles. The highest BCUT2D eigenvalue weighted by Crippen LogP contribution is 2.53. The second-order valence-corrected chi connectivity index (χ2v) is 9.59. The lowest BCUT2D eigenvalue weighted by atomic mass is 9.76. The predicted molar refractivity (Wildman–Crippen MR) is 121 cm³/mol. The van der Waals surface area contributed by atoms with Crippen molar-refractivity contribution in [2.24, 2.45) is 11.8 Å². The van der Waals surface area contributed by atoms with Crippen molar-refractivity contribution in [2.75, 3.05) is 17.3 Å². The first-order valence-electron chi connectivity index (χ1n) is 10.2. The van der Waals surface area contributed by atoms with Crippen molar-refractivity contribution < 1.29 is 14.4 Å². The number of carbonyl (C=O) groups excluding carboxylic acids is 3. The van der Waals surface area contributed by atoms with Crippen LogP contribution < -0.4 is 10.6 Å². The van der Waals surface area contributed by atoms with Crippen LogP contribution in [0.2, 0.25) is 5.02 Å². The maximum atomic E-state index is 13.7. The topological polar surface area (TPSA) is 78.5 Å². The second kappa shape index (κ2) is 7.65. The van der Waals surface area contributed by atoms with Gasteiger partial charge in [0.15, 0.2) is 0 Å². The summed E-state index contributed by atoms with van der Waals surface area (Å²) in [7, 11) is 0. The number of rotatable bonds is 5. The number of amides is 3. The molecule has 4 atom stereocenters. The van der Waals surface area contributed by atoms with E-state index in [1.807, 2.05) is 48.7 Å². The fourth-order valence-corrected chi connectivity index (χ4v) is 5.95. The zero-order chi connectivity index (χ0) is 21.8. The number of benzene rings is 2. The molecule has 3 heterocycles.